The molecule has 1 aromatic rings. The van der Waals surface area contributed by atoms with Gasteiger partial charge in [-0.25, -0.2) is 5.48 Å². The van der Waals surface area contributed by atoms with Crippen molar-refractivity contribution in [1.29, 1.82) is 0 Å². The fourth-order valence-electron chi connectivity index (χ4n) is 2.22. The van der Waals surface area contributed by atoms with Gasteiger partial charge in [0.05, 0.1) is 6.10 Å². The molecule has 0 radical (unpaired) electrons. The van der Waals surface area contributed by atoms with Crippen LogP contribution in [0.3, 0.4) is 0 Å². The molecule has 98 valence electrons. The number of nitrogens with one attached hydrogen (secondary N) is 1. The number of amides is 1. The monoisotopic (exact) mass is 249 g/mol. The summed E-state index contributed by atoms with van der Waals surface area (Å²) in [5.41, 5.74) is 3.34. The Morgan fingerprint density at radius 2 is 1.94 bits per heavy atom. The van der Waals surface area contributed by atoms with E-state index in [4.69, 9.17) is 9.57 Å². The summed E-state index contributed by atoms with van der Waals surface area (Å²) in [4.78, 5) is 17.4. The average molecular weight is 249 g/mol. The van der Waals surface area contributed by atoms with Gasteiger partial charge in [-0.05, 0) is 18.4 Å². The van der Waals surface area contributed by atoms with Crippen LogP contribution in [0.15, 0.2) is 30.3 Å². The second kappa shape index (κ2) is 6.52. The number of rotatable bonds is 5. The van der Waals surface area contributed by atoms with Crippen LogP contribution in [0, 0.1) is 0 Å². The summed E-state index contributed by atoms with van der Waals surface area (Å²) in [6.45, 7) is 0. The topological polar surface area (TPSA) is 47.6 Å². The second-order valence-electron chi connectivity index (χ2n) is 4.52. The fourth-order valence-corrected chi connectivity index (χ4v) is 2.22. The Kier molecular flexibility index (Phi) is 4.73. The first-order valence-corrected chi connectivity index (χ1v) is 6.34. The highest BCUT2D eigenvalue weighted by Gasteiger charge is 2.22. The summed E-state index contributed by atoms with van der Waals surface area (Å²) >= 11 is 0. The van der Waals surface area contributed by atoms with Crippen molar-refractivity contribution < 1.29 is 14.4 Å². The van der Waals surface area contributed by atoms with Crippen LogP contribution in [0.25, 0.3) is 0 Å². The maximum absolute atomic E-state index is 12.0. The quantitative estimate of drug-likeness (QED) is 0.815. The summed E-state index contributed by atoms with van der Waals surface area (Å²) in [5.74, 6) is -0.254. The van der Waals surface area contributed by atoms with E-state index in [-0.39, 0.29) is 12.0 Å². The van der Waals surface area contributed by atoms with E-state index in [9.17, 15) is 4.79 Å². The van der Waals surface area contributed by atoms with Crippen molar-refractivity contribution in [1.82, 2.24) is 5.48 Å². The van der Waals surface area contributed by atoms with E-state index in [1.165, 1.54) is 20.0 Å². The molecule has 1 saturated carbocycles. The highest BCUT2D eigenvalue weighted by Crippen LogP contribution is 2.21. The van der Waals surface area contributed by atoms with Crippen LogP contribution in [0.4, 0.5) is 0 Å². The molecule has 0 aliphatic heterocycles. The standard InChI is InChI=1S/C14H19NO3/c1-17-13(11-7-3-2-4-8-11)14(16)15-18-12-9-5-6-10-12/h2-4,7-8,12-13H,5-6,9-10H2,1H3,(H,15,16). The number of hydrogen-bond donors (Lipinski definition) is 1. The third kappa shape index (κ3) is 3.31. The molecule has 1 aromatic carbocycles. The van der Waals surface area contributed by atoms with Crippen molar-refractivity contribution in [2.45, 2.75) is 37.9 Å². The number of hydrogen-bond acceptors (Lipinski definition) is 3. The Morgan fingerprint density at radius 1 is 1.28 bits per heavy atom. The first-order valence-electron chi connectivity index (χ1n) is 6.34. The highest BCUT2D eigenvalue weighted by molar-refractivity contribution is 5.81. The van der Waals surface area contributed by atoms with Crippen LogP contribution in [-0.2, 0) is 14.4 Å². The van der Waals surface area contributed by atoms with Crippen molar-refractivity contribution in [2.75, 3.05) is 7.11 Å². The molecule has 1 aliphatic rings. The largest absolute Gasteiger partial charge is 0.367 e. The Bertz CT molecular complexity index is 374. The minimum Gasteiger partial charge on any atom is -0.367 e. The molecular weight excluding hydrogens is 230 g/mol. The Balaban J connectivity index is 1.89. The van der Waals surface area contributed by atoms with E-state index in [1.807, 2.05) is 30.3 Å². The van der Waals surface area contributed by atoms with Crippen LogP contribution in [0.5, 0.6) is 0 Å². The van der Waals surface area contributed by atoms with Gasteiger partial charge < -0.3 is 4.74 Å². The van der Waals surface area contributed by atoms with Gasteiger partial charge in [0, 0.05) is 7.11 Å². The number of hydroxylamine groups is 1. The van der Waals surface area contributed by atoms with Gasteiger partial charge in [-0.2, -0.15) is 0 Å². The Hall–Kier alpha value is -1.39. The van der Waals surface area contributed by atoms with E-state index < -0.39 is 6.10 Å². The molecule has 1 atom stereocenters. The number of carbonyl (C=O) groups is 1. The van der Waals surface area contributed by atoms with Crippen molar-refractivity contribution in [3.8, 4) is 0 Å². The lowest BCUT2D eigenvalue weighted by Crippen LogP contribution is -2.33. The van der Waals surface area contributed by atoms with Crippen LogP contribution >= 0.6 is 0 Å². The predicted molar refractivity (Wildman–Crippen MR) is 67.7 cm³/mol. The maximum Gasteiger partial charge on any atom is 0.277 e. The first-order chi connectivity index (χ1) is 8.81. The molecule has 2 rings (SSSR count). The minimum absolute atomic E-state index is 0.155. The lowest BCUT2D eigenvalue weighted by Gasteiger charge is -2.17. The molecule has 1 amide bonds. The Morgan fingerprint density at radius 3 is 2.56 bits per heavy atom. The van der Waals surface area contributed by atoms with Gasteiger partial charge in [-0.3, -0.25) is 9.63 Å². The lowest BCUT2D eigenvalue weighted by molar-refractivity contribution is -0.149. The normalized spacial score (nSPS) is 17.6. The summed E-state index contributed by atoms with van der Waals surface area (Å²) in [6.07, 6.45) is 3.92. The number of ether oxygens (including phenoxy) is 1. The van der Waals surface area contributed by atoms with Gasteiger partial charge >= 0.3 is 0 Å². The van der Waals surface area contributed by atoms with Crippen LogP contribution in [0.2, 0.25) is 0 Å². The van der Waals surface area contributed by atoms with Gasteiger partial charge in [0.25, 0.3) is 5.91 Å². The molecule has 18 heavy (non-hydrogen) atoms. The minimum atomic E-state index is -0.618. The number of carbonyl (C=O) groups excluding carboxylic acids is 1. The van der Waals surface area contributed by atoms with E-state index in [0.717, 1.165) is 18.4 Å². The van der Waals surface area contributed by atoms with E-state index in [0.29, 0.717) is 0 Å². The summed E-state index contributed by atoms with van der Waals surface area (Å²) < 4.78 is 5.22. The second-order valence-corrected chi connectivity index (χ2v) is 4.52. The fraction of sp³-hybridized carbons (Fsp3) is 0.500. The highest BCUT2D eigenvalue weighted by atomic mass is 16.7. The lowest BCUT2D eigenvalue weighted by atomic mass is 10.1. The van der Waals surface area contributed by atoms with E-state index in [1.54, 1.807) is 0 Å². The first kappa shape index (κ1) is 13.1. The third-order valence-corrected chi connectivity index (χ3v) is 3.20. The molecule has 1 aliphatic carbocycles. The van der Waals surface area contributed by atoms with Gasteiger partial charge in [0.2, 0.25) is 0 Å². The average Bonchev–Trinajstić information content (AvgIpc) is 2.92. The summed E-state index contributed by atoms with van der Waals surface area (Å²) in [5, 5.41) is 0. The molecule has 0 spiro atoms. The maximum atomic E-state index is 12.0. The predicted octanol–water partition coefficient (Wildman–Crippen LogP) is 2.36. The van der Waals surface area contributed by atoms with Crippen molar-refractivity contribution in [2.24, 2.45) is 0 Å². The third-order valence-electron chi connectivity index (χ3n) is 3.20. The molecule has 4 heteroatoms. The van der Waals surface area contributed by atoms with E-state index >= 15 is 0 Å². The zero-order valence-electron chi connectivity index (χ0n) is 10.6. The molecular formula is C14H19NO3. The number of methoxy groups -OCH3 is 1. The molecule has 0 aromatic heterocycles. The number of benzene rings is 1. The SMILES string of the molecule is COC(C(=O)NOC1CCCC1)c1ccccc1. The molecule has 1 N–H and O–H groups in total. The van der Waals surface area contributed by atoms with Crippen molar-refractivity contribution >= 4 is 5.91 Å². The van der Waals surface area contributed by atoms with Gasteiger partial charge in [0.15, 0.2) is 6.10 Å². The molecule has 0 bridgehead atoms. The molecule has 4 nitrogen and oxygen atoms in total. The zero-order valence-corrected chi connectivity index (χ0v) is 10.6. The van der Waals surface area contributed by atoms with Crippen molar-refractivity contribution in [3.05, 3.63) is 35.9 Å². The van der Waals surface area contributed by atoms with Crippen LogP contribution in [0.1, 0.15) is 37.4 Å². The molecule has 0 heterocycles. The Labute approximate surface area is 107 Å². The molecule has 1 fully saturated rings. The summed E-state index contributed by atoms with van der Waals surface area (Å²) in [7, 11) is 1.52. The summed E-state index contributed by atoms with van der Waals surface area (Å²) in [6, 6.07) is 9.40. The van der Waals surface area contributed by atoms with Crippen LogP contribution < -0.4 is 5.48 Å². The van der Waals surface area contributed by atoms with Crippen molar-refractivity contribution in [3.63, 3.8) is 0 Å². The van der Waals surface area contributed by atoms with E-state index in [2.05, 4.69) is 5.48 Å². The van der Waals surface area contributed by atoms with Gasteiger partial charge in [-0.15, -0.1) is 0 Å². The zero-order chi connectivity index (χ0) is 12.8. The van der Waals surface area contributed by atoms with Crippen LogP contribution in [-0.4, -0.2) is 19.1 Å². The van der Waals surface area contributed by atoms with Gasteiger partial charge in [0.1, 0.15) is 0 Å². The smallest absolute Gasteiger partial charge is 0.277 e. The van der Waals surface area contributed by atoms with Gasteiger partial charge in [-0.1, -0.05) is 43.2 Å². The molecule has 1 unspecified atom stereocenters. The molecule has 0 saturated heterocycles.